The molecule has 11 heteroatoms. The number of hydrogen-bond donors (Lipinski definition) is 6. The fraction of sp³-hybridized carbons (Fsp3) is 0.706. The van der Waals surface area contributed by atoms with E-state index in [0.717, 1.165) is 6.26 Å². The summed E-state index contributed by atoms with van der Waals surface area (Å²) in [6.07, 6.45) is -4.99. The summed E-state index contributed by atoms with van der Waals surface area (Å²) in [7, 11) is 1.19. The molecule has 9 atom stereocenters. The maximum absolute atomic E-state index is 12.0. The van der Waals surface area contributed by atoms with Crippen molar-refractivity contribution < 1.29 is 54.4 Å². The minimum Gasteiger partial charge on any atom is -0.471 e. The molecule has 1 fully saturated rings. The highest BCUT2D eigenvalue weighted by molar-refractivity contribution is 5.89. The van der Waals surface area contributed by atoms with E-state index in [1.807, 2.05) is 0 Å². The number of hydrogen-bond acceptors (Lipinski definition) is 11. The maximum atomic E-state index is 12.0. The van der Waals surface area contributed by atoms with E-state index >= 15 is 0 Å². The molecule has 0 spiro atoms. The van der Waals surface area contributed by atoms with Gasteiger partial charge in [0.15, 0.2) is 6.29 Å². The fourth-order valence-electron chi connectivity index (χ4n) is 3.71. The molecule has 0 amide bonds. The normalized spacial score (nSPS) is 45.2. The molecular weight excluding hydrogens is 380 g/mol. The fourth-order valence-corrected chi connectivity index (χ4v) is 3.71. The van der Waals surface area contributed by atoms with E-state index < -0.39 is 73.6 Å². The minimum atomic E-state index is -1.79. The van der Waals surface area contributed by atoms with Crippen molar-refractivity contribution in [3.05, 3.63) is 24.0 Å². The largest absolute Gasteiger partial charge is 0.471 e. The van der Waals surface area contributed by atoms with Crippen LogP contribution in [-0.4, -0.2) is 99.5 Å². The predicted octanol–water partition coefficient (Wildman–Crippen LogP) is -3.26. The molecule has 2 heterocycles. The summed E-state index contributed by atoms with van der Waals surface area (Å²) in [5.41, 5.74) is -1.70. The van der Waals surface area contributed by atoms with Gasteiger partial charge < -0.3 is 49.6 Å². The zero-order valence-corrected chi connectivity index (χ0v) is 15.0. The Hall–Kier alpha value is -1.57. The van der Waals surface area contributed by atoms with E-state index in [2.05, 4.69) is 0 Å². The minimum absolute atomic E-state index is 0.0989. The molecule has 2 aliphatic heterocycles. The molecule has 28 heavy (non-hydrogen) atoms. The number of aliphatic hydroxyl groups excluding tert-OH is 5. The Morgan fingerprint density at radius 3 is 2.50 bits per heavy atom. The summed E-state index contributed by atoms with van der Waals surface area (Å²) in [6, 6.07) is 0. The molecule has 0 aromatic carbocycles. The summed E-state index contributed by atoms with van der Waals surface area (Å²) >= 11 is 0. The monoisotopic (exact) mass is 404 g/mol. The van der Waals surface area contributed by atoms with Crippen molar-refractivity contribution in [3.8, 4) is 0 Å². The van der Waals surface area contributed by atoms with Crippen molar-refractivity contribution in [2.45, 2.75) is 42.6 Å². The Balaban J connectivity index is 1.85. The molecule has 0 unspecified atom stereocenters. The quantitative estimate of drug-likeness (QED) is 0.200. The van der Waals surface area contributed by atoms with Crippen molar-refractivity contribution >= 4 is 5.97 Å². The Kier molecular flexibility index (Phi) is 6.08. The SMILES string of the molecule is COC(=O)C1=CO[C@H](O[C@@H]2O[C@H](CO)[C@@H](O)[C@H](O)[C@H]2O)[C@H]2[C@@H]1C=C[C@@]2(O)CO. The molecule has 11 nitrogen and oxygen atoms in total. The molecule has 3 rings (SSSR count). The smallest absolute Gasteiger partial charge is 0.337 e. The second-order valence-corrected chi connectivity index (χ2v) is 6.96. The van der Waals surface area contributed by atoms with Gasteiger partial charge in [-0.3, -0.25) is 0 Å². The zero-order chi connectivity index (χ0) is 20.6. The molecule has 0 radical (unpaired) electrons. The zero-order valence-electron chi connectivity index (χ0n) is 15.0. The van der Waals surface area contributed by atoms with Crippen LogP contribution in [0.1, 0.15) is 0 Å². The van der Waals surface area contributed by atoms with Crippen LogP contribution in [0.3, 0.4) is 0 Å². The number of aliphatic hydroxyl groups is 6. The van der Waals surface area contributed by atoms with Gasteiger partial charge in [0, 0.05) is 5.92 Å². The lowest BCUT2D eigenvalue weighted by Gasteiger charge is -2.44. The van der Waals surface area contributed by atoms with Crippen LogP contribution in [0.25, 0.3) is 0 Å². The number of fused-ring (bicyclic) bond motifs is 1. The molecule has 0 aromatic heterocycles. The lowest BCUT2D eigenvalue weighted by Crippen LogP contribution is -2.61. The van der Waals surface area contributed by atoms with Crippen LogP contribution in [0.15, 0.2) is 24.0 Å². The summed E-state index contributed by atoms with van der Waals surface area (Å²) in [5, 5.41) is 59.5. The topological polar surface area (TPSA) is 175 Å². The van der Waals surface area contributed by atoms with Crippen molar-refractivity contribution in [2.75, 3.05) is 20.3 Å². The van der Waals surface area contributed by atoms with Crippen molar-refractivity contribution in [1.29, 1.82) is 0 Å². The van der Waals surface area contributed by atoms with Gasteiger partial charge in [0.05, 0.1) is 38.1 Å². The van der Waals surface area contributed by atoms with E-state index in [-0.39, 0.29) is 5.57 Å². The van der Waals surface area contributed by atoms with Crippen molar-refractivity contribution in [1.82, 2.24) is 0 Å². The Morgan fingerprint density at radius 2 is 1.89 bits per heavy atom. The first-order chi connectivity index (χ1) is 13.3. The first kappa shape index (κ1) is 21.1. The summed E-state index contributed by atoms with van der Waals surface area (Å²) < 4.78 is 21.0. The van der Waals surface area contributed by atoms with Gasteiger partial charge in [0.25, 0.3) is 0 Å². The number of ether oxygens (including phenoxy) is 4. The summed E-state index contributed by atoms with van der Waals surface area (Å²) in [6.45, 7) is -1.34. The Morgan fingerprint density at radius 1 is 1.18 bits per heavy atom. The third kappa shape index (κ3) is 3.44. The molecule has 158 valence electrons. The van der Waals surface area contributed by atoms with Gasteiger partial charge in [0.2, 0.25) is 6.29 Å². The van der Waals surface area contributed by atoms with Gasteiger partial charge >= 0.3 is 5.97 Å². The second kappa shape index (κ2) is 8.05. The van der Waals surface area contributed by atoms with Crippen LogP contribution < -0.4 is 0 Å². The van der Waals surface area contributed by atoms with E-state index in [4.69, 9.17) is 18.9 Å². The predicted molar refractivity (Wildman–Crippen MR) is 88.0 cm³/mol. The molecule has 1 aliphatic carbocycles. The van der Waals surface area contributed by atoms with Gasteiger partial charge in [-0.05, 0) is 0 Å². The van der Waals surface area contributed by atoms with Crippen LogP contribution in [0.4, 0.5) is 0 Å². The molecule has 0 aromatic rings. The van der Waals surface area contributed by atoms with Crippen molar-refractivity contribution in [3.63, 3.8) is 0 Å². The number of rotatable bonds is 5. The summed E-state index contributed by atoms with van der Waals surface area (Å²) in [5.74, 6) is -2.40. The van der Waals surface area contributed by atoms with E-state index in [0.29, 0.717) is 0 Å². The van der Waals surface area contributed by atoms with Gasteiger partial charge in [-0.2, -0.15) is 0 Å². The van der Waals surface area contributed by atoms with Gasteiger partial charge in [0.1, 0.15) is 30.0 Å². The highest BCUT2D eigenvalue weighted by Crippen LogP contribution is 2.45. The average molecular weight is 404 g/mol. The van der Waals surface area contributed by atoms with Crippen LogP contribution in [0.5, 0.6) is 0 Å². The van der Waals surface area contributed by atoms with E-state index in [9.17, 15) is 35.4 Å². The first-order valence-electron chi connectivity index (χ1n) is 8.69. The first-order valence-corrected chi connectivity index (χ1v) is 8.69. The second-order valence-electron chi connectivity index (χ2n) is 6.96. The molecule has 6 N–H and O–H groups in total. The molecule has 0 saturated carbocycles. The summed E-state index contributed by atoms with van der Waals surface area (Å²) in [4.78, 5) is 12.0. The molecular formula is C17H24O11. The highest BCUT2D eigenvalue weighted by Gasteiger charge is 2.55. The lowest BCUT2D eigenvalue weighted by atomic mass is 9.79. The average Bonchev–Trinajstić information content (AvgIpc) is 3.06. The van der Waals surface area contributed by atoms with Gasteiger partial charge in [-0.25, -0.2) is 4.79 Å². The Labute approximate surface area is 160 Å². The Bertz CT molecular complexity index is 647. The van der Waals surface area contributed by atoms with Crippen LogP contribution in [0.2, 0.25) is 0 Å². The number of esters is 1. The standard InChI is InChI=1S/C17H24O11/c1-25-14(23)8-5-26-15(10-7(8)2-3-17(10,24)6-19)28-16-13(22)12(21)11(20)9(4-18)27-16/h2-3,5,7,9-13,15-16,18-22,24H,4,6H2,1H3/t7-,9-,10-,11-,12+,13-,15-,16+,17-/m1/s1. The third-order valence-corrected chi connectivity index (χ3v) is 5.33. The van der Waals surface area contributed by atoms with Crippen molar-refractivity contribution in [2.24, 2.45) is 11.8 Å². The lowest BCUT2D eigenvalue weighted by molar-refractivity contribution is -0.346. The van der Waals surface area contributed by atoms with E-state index in [1.54, 1.807) is 0 Å². The number of carbonyl (C=O) groups excluding carboxylic acids is 1. The van der Waals surface area contributed by atoms with Gasteiger partial charge in [-0.1, -0.05) is 12.2 Å². The number of carbonyl (C=O) groups is 1. The highest BCUT2D eigenvalue weighted by atomic mass is 16.8. The molecule has 1 saturated heterocycles. The number of methoxy groups -OCH3 is 1. The van der Waals surface area contributed by atoms with Crippen LogP contribution in [0, 0.1) is 11.8 Å². The maximum Gasteiger partial charge on any atom is 0.337 e. The number of allylic oxidation sites excluding steroid dienone is 1. The van der Waals surface area contributed by atoms with Crippen LogP contribution in [-0.2, 0) is 23.7 Å². The molecule has 3 aliphatic rings. The van der Waals surface area contributed by atoms with E-state index in [1.165, 1.54) is 19.3 Å². The van der Waals surface area contributed by atoms with Crippen LogP contribution >= 0.6 is 0 Å². The molecule has 0 bridgehead atoms. The van der Waals surface area contributed by atoms with Gasteiger partial charge in [-0.15, -0.1) is 0 Å². The third-order valence-electron chi connectivity index (χ3n) is 5.33.